The highest BCUT2D eigenvalue weighted by Gasteiger charge is 2.26. The number of nitriles is 1. The predicted molar refractivity (Wildman–Crippen MR) is 82.7 cm³/mol. The Morgan fingerprint density at radius 3 is 2.57 bits per heavy atom. The van der Waals surface area contributed by atoms with Gasteiger partial charge in [-0.25, -0.2) is 8.42 Å². The van der Waals surface area contributed by atoms with Gasteiger partial charge in [0.1, 0.15) is 0 Å². The quantitative estimate of drug-likeness (QED) is 0.858. The lowest BCUT2D eigenvalue weighted by atomic mass is 9.98. The van der Waals surface area contributed by atoms with Crippen LogP contribution in [0.2, 0.25) is 0 Å². The van der Waals surface area contributed by atoms with Gasteiger partial charge in [0.15, 0.2) is 9.84 Å². The molecule has 1 saturated heterocycles. The number of hydrogen-bond donors (Lipinski definition) is 0. The van der Waals surface area contributed by atoms with Gasteiger partial charge in [0.2, 0.25) is 0 Å². The summed E-state index contributed by atoms with van der Waals surface area (Å²) in [6.45, 7) is 4.89. The Bertz CT molecular complexity index is 624. The molecular formula is C16H22N2O2S. The molecular weight excluding hydrogens is 284 g/mol. The normalized spacial score (nSPS) is 23.7. The average molecular weight is 306 g/mol. The van der Waals surface area contributed by atoms with Crippen LogP contribution >= 0.6 is 0 Å². The molecule has 0 radical (unpaired) electrons. The minimum atomic E-state index is -3.33. The van der Waals surface area contributed by atoms with Crippen LogP contribution in [-0.2, 0) is 9.84 Å². The smallest absolute Gasteiger partial charge is 0.179 e. The summed E-state index contributed by atoms with van der Waals surface area (Å²) in [5, 5.41) is 8.88. The molecule has 1 fully saturated rings. The van der Waals surface area contributed by atoms with Crippen molar-refractivity contribution in [3.63, 3.8) is 0 Å². The van der Waals surface area contributed by atoms with E-state index < -0.39 is 9.84 Å². The third-order valence-electron chi connectivity index (χ3n) is 4.32. The Morgan fingerprint density at radius 2 is 1.95 bits per heavy atom. The van der Waals surface area contributed by atoms with Gasteiger partial charge < -0.3 is 0 Å². The molecule has 1 aliphatic heterocycles. The Hall–Kier alpha value is -1.38. The largest absolute Gasteiger partial charge is 0.297 e. The van der Waals surface area contributed by atoms with Crippen LogP contribution < -0.4 is 0 Å². The Balaban J connectivity index is 2.09. The maximum Gasteiger partial charge on any atom is 0.179 e. The van der Waals surface area contributed by atoms with E-state index in [1.54, 1.807) is 18.2 Å². The molecule has 4 nitrogen and oxygen atoms in total. The van der Waals surface area contributed by atoms with Gasteiger partial charge in [-0.3, -0.25) is 4.90 Å². The SMILES string of the molecule is C[C@@H]1CCC[C@H](C)N1CCS(=O)(=O)c1cccc(C#N)c1. The van der Waals surface area contributed by atoms with Gasteiger partial charge in [0.05, 0.1) is 22.3 Å². The van der Waals surface area contributed by atoms with E-state index in [4.69, 9.17) is 5.26 Å². The van der Waals surface area contributed by atoms with E-state index in [1.165, 1.54) is 12.5 Å². The molecule has 0 unspecified atom stereocenters. The van der Waals surface area contributed by atoms with Crippen molar-refractivity contribution >= 4 is 9.84 Å². The van der Waals surface area contributed by atoms with E-state index in [2.05, 4.69) is 18.7 Å². The van der Waals surface area contributed by atoms with Crippen LogP contribution in [0.4, 0.5) is 0 Å². The van der Waals surface area contributed by atoms with Crippen molar-refractivity contribution in [2.45, 2.75) is 50.1 Å². The summed E-state index contributed by atoms with van der Waals surface area (Å²) in [5.41, 5.74) is 0.385. The summed E-state index contributed by atoms with van der Waals surface area (Å²) in [5.74, 6) is 0.108. The zero-order valence-electron chi connectivity index (χ0n) is 12.6. The number of hydrogen-bond acceptors (Lipinski definition) is 4. The first-order valence-corrected chi connectivity index (χ1v) is 9.08. The van der Waals surface area contributed by atoms with Crippen molar-refractivity contribution in [3.05, 3.63) is 29.8 Å². The molecule has 0 spiro atoms. The maximum absolute atomic E-state index is 12.4. The lowest BCUT2D eigenvalue weighted by Crippen LogP contribution is -2.45. The molecule has 1 aromatic rings. The van der Waals surface area contributed by atoms with Crippen molar-refractivity contribution in [3.8, 4) is 6.07 Å². The second-order valence-corrected chi connectivity index (χ2v) is 7.93. The summed E-state index contributed by atoms with van der Waals surface area (Å²) in [6, 6.07) is 9.13. The molecule has 0 N–H and O–H groups in total. The standard InChI is InChI=1S/C16H22N2O2S/c1-13-5-3-6-14(2)18(13)9-10-21(19,20)16-8-4-7-15(11-16)12-17/h4,7-8,11,13-14H,3,5-6,9-10H2,1-2H3/t13-,14+. The Labute approximate surface area is 127 Å². The van der Waals surface area contributed by atoms with Crippen LogP contribution in [0, 0.1) is 11.3 Å². The average Bonchev–Trinajstić information content (AvgIpc) is 2.47. The number of sulfone groups is 1. The molecule has 0 aliphatic carbocycles. The van der Waals surface area contributed by atoms with Crippen LogP contribution in [0.3, 0.4) is 0 Å². The van der Waals surface area contributed by atoms with Crippen LogP contribution in [0.25, 0.3) is 0 Å². The fourth-order valence-corrected chi connectivity index (χ4v) is 4.30. The summed E-state index contributed by atoms with van der Waals surface area (Å²) in [7, 11) is -3.33. The lowest BCUT2D eigenvalue weighted by molar-refractivity contribution is 0.111. The molecule has 1 aliphatic rings. The van der Waals surface area contributed by atoms with Crippen LogP contribution in [0.15, 0.2) is 29.2 Å². The molecule has 2 atom stereocenters. The van der Waals surface area contributed by atoms with Gasteiger partial charge in [-0.1, -0.05) is 12.5 Å². The van der Waals surface area contributed by atoms with Crippen molar-refractivity contribution in [2.75, 3.05) is 12.3 Å². The Kier molecular flexibility index (Phi) is 5.02. The third-order valence-corrected chi connectivity index (χ3v) is 6.01. The summed E-state index contributed by atoms with van der Waals surface area (Å²) < 4.78 is 24.8. The van der Waals surface area contributed by atoms with Gasteiger partial charge >= 0.3 is 0 Å². The first-order chi connectivity index (χ1) is 9.94. The zero-order valence-corrected chi connectivity index (χ0v) is 13.4. The predicted octanol–water partition coefficient (Wildman–Crippen LogP) is 2.59. The second kappa shape index (κ2) is 6.59. The van der Waals surface area contributed by atoms with Crippen LogP contribution in [0.5, 0.6) is 0 Å². The minimum Gasteiger partial charge on any atom is -0.297 e. The highest BCUT2D eigenvalue weighted by molar-refractivity contribution is 7.91. The number of rotatable bonds is 4. The van der Waals surface area contributed by atoms with Crippen molar-refractivity contribution < 1.29 is 8.42 Å². The van der Waals surface area contributed by atoms with Gasteiger partial charge in [0, 0.05) is 18.6 Å². The topological polar surface area (TPSA) is 61.2 Å². The highest BCUT2D eigenvalue weighted by atomic mass is 32.2. The van der Waals surface area contributed by atoms with Gasteiger partial charge in [-0.2, -0.15) is 5.26 Å². The minimum absolute atomic E-state index is 0.108. The van der Waals surface area contributed by atoms with Crippen molar-refractivity contribution in [2.24, 2.45) is 0 Å². The second-order valence-electron chi connectivity index (χ2n) is 5.83. The van der Waals surface area contributed by atoms with E-state index in [9.17, 15) is 8.42 Å². The molecule has 114 valence electrons. The fraction of sp³-hybridized carbons (Fsp3) is 0.562. The summed E-state index contributed by atoms with van der Waals surface area (Å²) in [6.07, 6.45) is 3.48. The molecule has 0 bridgehead atoms. The first kappa shape index (κ1) is 16.0. The Morgan fingerprint density at radius 1 is 1.29 bits per heavy atom. The monoisotopic (exact) mass is 306 g/mol. The van der Waals surface area contributed by atoms with Gasteiger partial charge in [0.25, 0.3) is 0 Å². The molecule has 1 heterocycles. The summed E-state index contributed by atoms with van der Waals surface area (Å²) >= 11 is 0. The third kappa shape index (κ3) is 3.84. The van der Waals surface area contributed by atoms with E-state index in [-0.39, 0.29) is 10.6 Å². The number of benzene rings is 1. The molecule has 1 aromatic carbocycles. The summed E-state index contributed by atoms with van der Waals surface area (Å²) in [4.78, 5) is 2.54. The number of piperidine rings is 1. The van der Waals surface area contributed by atoms with Gasteiger partial charge in [-0.15, -0.1) is 0 Å². The number of likely N-dealkylation sites (tertiary alicyclic amines) is 1. The lowest BCUT2D eigenvalue weighted by Gasteiger charge is -2.38. The van der Waals surface area contributed by atoms with E-state index >= 15 is 0 Å². The van der Waals surface area contributed by atoms with Crippen molar-refractivity contribution in [1.29, 1.82) is 5.26 Å². The molecule has 0 aromatic heterocycles. The maximum atomic E-state index is 12.4. The molecule has 5 heteroatoms. The molecule has 0 saturated carbocycles. The van der Waals surface area contributed by atoms with Crippen LogP contribution in [0.1, 0.15) is 38.7 Å². The molecule has 21 heavy (non-hydrogen) atoms. The van der Waals surface area contributed by atoms with Gasteiger partial charge in [-0.05, 0) is 44.9 Å². The van der Waals surface area contributed by atoms with E-state index in [0.717, 1.165) is 12.8 Å². The number of nitrogens with zero attached hydrogens (tertiary/aromatic N) is 2. The van der Waals surface area contributed by atoms with Crippen molar-refractivity contribution in [1.82, 2.24) is 4.90 Å². The zero-order chi connectivity index (χ0) is 15.5. The first-order valence-electron chi connectivity index (χ1n) is 7.42. The highest BCUT2D eigenvalue weighted by Crippen LogP contribution is 2.23. The van der Waals surface area contributed by atoms with E-state index in [0.29, 0.717) is 24.2 Å². The van der Waals surface area contributed by atoms with E-state index in [1.807, 2.05) is 6.07 Å². The molecule has 2 rings (SSSR count). The fourth-order valence-electron chi connectivity index (χ4n) is 3.02. The molecule has 0 amide bonds. The van der Waals surface area contributed by atoms with Crippen LogP contribution in [-0.4, -0.2) is 37.7 Å².